The summed E-state index contributed by atoms with van der Waals surface area (Å²) in [6.07, 6.45) is 107. The van der Waals surface area contributed by atoms with E-state index < -0.39 is 97.5 Å². The molecule has 0 aliphatic carbocycles. The molecule has 0 amide bonds. The Hall–Kier alpha value is -7.14. The lowest BCUT2D eigenvalue weighted by Gasteiger charge is -2.21. The van der Waals surface area contributed by atoms with E-state index in [1.807, 2.05) is 54.7 Å². The molecule has 626 valence electrons. The summed E-state index contributed by atoms with van der Waals surface area (Å²) in [5, 5.41) is 10.7. The number of esters is 4. The van der Waals surface area contributed by atoms with Crippen LogP contribution in [0.4, 0.5) is 0 Å². The normalized spacial score (nSPS) is 15.0. The van der Waals surface area contributed by atoms with Gasteiger partial charge in [-0.15, -0.1) is 0 Å². The maximum Gasteiger partial charge on any atom is 0.472 e. The quantitative estimate of drug-likeness (QED) is 0.0169. The van der Waals surface area contributed by atoms with Gasteiger partial charge in [0, 0.05) is 25.7 Å². The second kappa shape index (κ2) is 81.9. The van der Waals surface area contributed by atoms with Crippen LogP contribution in [-0.4, -0.2) is 96.7 Å². The lowest BCUT2D eigenvalue weighted by atomic mass is 10.1. The van der Waals surface area contributed by atoms with Crippen LogP contribution in [0.1, 0.15) is 259 Å². The van der Waals surface area contributed by atoms with Gasteiger partial charge in [0.05, 0.1) is 26.4 Å². The zero-order valence-corrected chi connectivity index (χ0v) is 70.3. The van der Waals surface area contributed by atoms with Crippen molar-refractivity contribution in [3.8, 4) is 0 Å². The maximum atomic E-state index is 13.1. The highest BCUT2D eigenvalue weighted by Gasteiger charge is 2.30. The highest BCUT2D eigenvalue weighted by atomic mass is 31.2. The van der Waals surface area contributed by atoms with Crippen LogP contribution >= 0.6 is 15.6 Å². The SMILES string of the molecule is CC/C=C\C/C=C\C/C=C\C/C=C\C/C=C\C/C=C\CCC(=O)OCC(COP(=O)(O)OCC(O)COP(=O)(O)OCC(COC(=O)CC/C=C\C/C=C\C/C=C\C/C=C\C/C=C\C/C=C\CC)OC(=O)CCCCCCC/C=C\C/C=C\CCCCC)OC(=O)CC/C=C\C/C=C\C/C=C\C/C=C\C/C=C\C/C=C\CC. The van der Waals surface area contributed by atoms with Gasteiger partial charge in [-0.2, -0.15) is 0 Å². The number of phosphoric acid groups is 2. The fraction of sp³-hybridized carbons (Fsp3) is 0.527. The molecule has 0 spiro atoms. The van der Waals surface area contributed by atoms with Crippen LogP contribution in [0.2, 0.25) is 0 Å². The Balaban J connectivity index is 5.63. The van der Waals surface area contributed by atoms with E-state index in [1.54, 1.807) is 0 Å². The van der Waals surface area contributed by atoms with E-state index in [-0.39, 0.29) is 25.7 Å². The van der Waals surface area contributed by atoms with Crippen LogP contribution in [0.5, 0.6) is 0 Å². The van der Waals surface area contributed by atoms with Gasteiger partial charge in [-0.1, -0.05) is 303 Å². The van der Waals surface area contributed by atoms with Gasteiger partial charge in [-0.25, -0.2) is 9.13 Å². The lowest BCUT2D eigenvalue weighted by molar-refractivity contribution is -0.161. The Morgan fingerprint density at radius 2 is 0.482 bits per heavy atom. The second-order valence-electron chi connectivity index (χ2n) is 26.2. The van der Waals surface area contributed by atoms with Crippen molar-refractivity contribution in [2.24, 2.45) is 0 Å². The van der Waals surface area contributed by atoms with Gasteiger partial charge in [-0.05, 0) is 173 Å². The molecule has 0 aromatic carbocycles. The molecule has 0 saturated heterocycles. The van der Waals surface area contributed by atoms with Crippen LogP contribution in [0.3, 0.4) is 0 Å². The molecule has 0 aromatic rings. The third kappa shape index (κ3) is 80.9. The van der Waals surface area contributed by atoms with Gasteiger partial charge in [0.15, 0.2) is 12.2 Å². The van der Waals surface area contributed by atoms with Crippen LogP contribution in [-0.2, 0) is 65.4 Å². The number of hydrogen-bond acceptors (Lipinski definition) is 15. The van der Waals surface area contributed by atoms with Crippen LogP contribution < -0.4 is 0 Å². The van der Waals surface area contributed by atoms with Crippen molar-refractivity contribution >= 4 is 39.5 Å². The number of rotatable bonds is 74. The van der Waals surface area contributed by atoms with Crippen molar-refractivity contribution in [2.75, 3.05) is 39.6 Å². The van der Waals surface area contributed by atoms with Gasteiger partial charge in [0.25, 0.3) is 0 Å². The summed E-state index contributed by atoms with van der Waals surface area (Å²) in [6.45, 7) is 4.18. The fourth-order valence-electron chi connectivity index (χ4n) is 9.68. The van der Waals surface area contributed by atoms with E-state index in [2.05, 4.69) is 216 Å². The third-order valence-electron chi connectivity index (χ3n) is 15.8. The number of aliphatic hydroxyl groups excluding tert-OH is 1. The van der Waals surface area contributed by atoms with Crippen LogP contribution in [0.15, 0.2) is 243 Å². The standard InChI is InChI=1S/C93H142O17P2/c1-5-9-13-17-21-25-29-33-37-40-43-46-50-53-57-61-65-69-73-77-90(95)103-83-88(109-92(97)79-75-71-67-63-59-55-49-36-32-28-24-20-16-12-8-4)85-107-111(99,100)105-81-87(94)82-106-112(101,102)108-86-89(110-93(98)80-76-72-68-64-60-56-52-48-45-42-39-35-31-27-23-19-15-11-7-3)84-104-91(96)78-74-70-66-62-58-54-51-47-44-41-38-34-30-26-22-18-14-10-6-2/h9-11,13-15,21-28,33-39,43-49,53-54,56-58,60,65-66,68-70,72,87-89,94H,5-8,12,16-20,29-32,40-42,50-52,55,59,61-64,67,71,73-86H2,1-4H3,(H,99,100)(H,101,102)/b13-9-,14-10-,15-11-,25-21-,26-22-,27-23-,28-24-,37-33-,38-34-,39-35-,46-43-,47-44-,48-45-,49-36-,57-53-,58-54-,60-56-,69-65-,70-66-,72-68-. The van der Waals surface area contributed by atoms with Gasteiger partial charge < -0.3 is 33.8 Å². The number of aliphatic hydroxyl groups is 1. The molecule has 17 nitrogen and oxygen atoms in total. The average molecular weight is 1590 g/mol. The third-order valence-corrected chi connectivity index (χ3v) is 17.7. The van der Waals surface area contributed by atoms with Gasteiger partial charge in [-0.3, -0.25) is 37.3 Å². The summed E-state index contributed by atoms with van der Waals surface area (Å²) in [6, 6.07) is 0. The zero-order valence-electron chi connectivity index (χ0n) is 68.5. The molecule has 5 atom stereocenters. The molecule has 0 aromatic heterocycles. The van der Waals surface area contributed by atoms with Gasteiger partial charge in [0.2, 0.25) is 0 Å². The minimum atomic E-state index is -5.04. The van der Waals surface area contributed by atoms with Gasteiger partial charge >= 0.3 is 39.5 Å². The maximum absolute atomic E-state index is 13.1. The first kappa shape index (κ1) is 105. The summed E-state index contributed by atoms with van der Waals surface area (Å²) in [7, 11) is -10.1. The summed E-state index contributed by atoms with van der Waals surface area (Å²) in [5.74, 6) is -2.52. The first-order valence-electron chi connectivity index (χ1n) is 41.3. The molecule has 0 rings (SSSR count). The number of phosphoric ester groups is 2. The van der Waals surface area contributed by atoms with Crippen LogP contribution in [0.25, 0.3) is 0 Å². The van der Waals surface area contributed by atoms with Crippen molar-refractivity contribution < 1.29 is 80.2 Å². The topological polar surface area (TPSA) is 237 Å². The molecule has 0 radical (unpaired) electrons. The van der Waals surface area contributed by atoms with E-state index in [1.165, 1.54) is 19.3 Å². The molecule has 0 saturated carbocycles. The first-order chi connectivity index (χ1) is 54.7. The molecule has 0 aliphatic heterocycles. The fourth-order valence-corrected chi connectivity index (χ4v) is 11.3. The lowest BCUT2D eigenvalue weighted by Crippen LogP contribution is -2.30. The highest BCUT2D eigenvalue weighted by molar-refractivity contribution is 7.47. The van der Waals surface area contributed by atoms with E-state index in [0.29, 0.717) is 44.9 Å². The predicted molar refractivity (Wildman–Crippen MR) is 463 cm³/mol. The molecule has 19 heteroatoms. The molecule has 0 aliphatic rings. The van der Waals surface area contributed by atoms with Crippen molar-refractivity contribution in [1.82, 2.24) is 0 Å². The Morgan fingerprint density at radius 3 is 0.768 bits per heavy atom. The highest BCUT2D eigenvalue weighted by Crippen LogP contribution is 2.45. The van der Waals surface area contributed by atoms with E-state index in [4.69, 9.17) is 37.0 Å². The number of carbonyl (C=O) groups is 4. The molecular formula is C93H142O17P2. The number of hydrogen-bond donors (Lipinski definition) is 3. The zero-order chi connectivity index (χ0) is 81.7. The van der Waals surface area contributed by atoms with E-state index in [9.17, 15) is 43.2 Å². The number of ether oxygens (including phenoxy) is 4. The summed E-state index contributed by atoms with van der Waals surface area (Å²) in [4.78, 5) is 73.1. The molecule has 0 fully saturated rings. The summed E-state index contributed by atoms with van der Waals surface area (Å²) >= 11 is 0. The molecular weight excluding hydrogens is 1450 g/mol. The molecule has 3 N–H and O–H groups in total. The Bertz CT molecular complexity index is 3090. The first-order valence-corrected chi connectivity index (χ1v) is 44.3. The predicted octanol–water partition coefficient (Wildman–Crippen LogP) is 24.8. The minimum Gasteiger partial charge on any atom is -0.462 e. The smallest absolute Gasteiger partial charge is 0.462 e. The van der Waals surface area contributed by atoms with E-state index in [0.717, 1.165) is 141 Å². The van der Waals surface area contributed by atoms with Crippen molar-refractivity contribution in [1.29, 1.82) is 0 Å². The average Bonchev–Trinajstić information content (AvgIpc) is 0.898. The van der Waals surface area contributed by atoms with Crippen LogP contribution in [0, 0.1) is 0 Å². The second-order valence-corrected chi connectivity index (χ2v) is 29.1. The largest absolute Gasteiger partial charge is 0.472 e. The molecule has 112 heavy (non-hydrogen) atoms. The van der Waals surface area contributed by atoms with Crippen molar-refractivity contribution in [2.45, 2.75) is 277 Å². The Labute approximate surface area is 676 Å². The Kier molecular flexibility index (Phi) is 76.6. The number of carbonyl (C=O) groups excluding carboxylic acids is 4. The number of unbranched alkanes of at least 4 members (excludes halogenated alkanes) is 8. The summed E-state index contributed by atoms with van der Waals surface area (Å²) in [5.41, 5.74) is 0. The molecule has 0 bridgehead atoms. The van der Waals surface area contributed by atoms with E-state index >= 15 is 0 Å². The summed E-state index contributed by atoms with van der Waals surface area (Å²) < 4.78 is 68.4. The minimum absolute atomic E-state index is 0.00718. The molecule has 5 unspecified atom stereocenters. The molecule has 0 heterocycles. The van der Waals surface area contributed by atoms with Gasteiger partial charge in [0.1, 0.15) is 19.3 Å². The van der Waals surface area contributed by atoms with Crippen molar-refractivity contribution in [3.05, 3.63) is 243 Å². The monoisotopic (exact) mass is 1590 g/mol. The number of allylic oxidation sites excluding steroid dienone is 40. The van der Waals surface area contributed by atoms with Crippen molar-refractivity contribution in [3.63, 3.8) is 0 Å². The Morgan fingerprint density at radius 1 is 0.259 bits per heavy atom.